The molecule has 1 aromatic heterocycles. The molecular formula is C15H15ClN2O3S. The summed E-state index contributed by atoms with van der Waals surface area (Å²) in [5.41, 5.74) is 1.27. The van der Waals surface area contributed by atoms with Crippen LogP contribution >= 0.6 is 22.9 Å². The maximum atomic E-state index is 12.1. The van der Waals surface area contributed by atoms with Crippen molar-refractivity contribution in [1.82, 2.24) is 4.98 Å². The number of hydrogen-bond donors (Lipinski definition) is 1. The van der Waals surface area contributed by atoms with Crippen LogP contribution in [0.2, 0.25) is 0 Å². The van der Waals surface area contributed by atoms with Gasteiger partial charge in [-0.2, -0.15) is 0 Å². The molecule has 1 unspecified atom stereocenters. The van der Waals surface area contributed by atoms with E-state index in [0.717, 1.165) is 0 Å². The molecule has 0 spiro atoms. The second-order valence-corrected chi connectivity index (χ2v) is 5.68. The average Bonchev–Trinajstić information content (AvgIpc) is 2.94. The van der Waals surface area contributed by atoms with Gasteiger partial charge in [-0.1, -0.05) is 30.3 Å². The highest BCUT2D eigenvalue weighted by Gasteiger charge is 2.19. The van der Waals surface area contributed by atoms with E-state index in [0.29, 0.717) is 23.0 Å². The van der Waals surface area contributed by atoms with E-state index in [4.69, 9.17) is 16.3 Å². The number of halogens is 1. The number of nitrogens with one attached hydrogen (secondary N) is 1. The number of nitrogens with zero attached hydrogens (tertiary/aromatic N) is 1. The molecule has 1 aromatic carbocycles. The van der Waals surface area contributed by atoms with Crippen LogP contribution in [0, 0.1) is 0 Å². The number of aromatic nitrogens is 1. The van der Waals surface area contributed by atoms with E-state index in [1.54, 1.807) is 24.4 Å². The number of alkyl halides is 1. The van der Waals surface area contributed by atoms with Crippen LogP contribution in [-0.4, -0.2) is 23.5 Å². The van der Waals surface area contributed by atoms with E-state index in [1.807, 2.05) is 18.2 Å². The Morgan fingerprint density at radius 3 is 2.77 bits per heavy atom. The van der Waals surface area contributed by atoms with Crippen molar-refractivity contribution in [3.8, 4) is 0 Å². The van der Waals surface area contributed by atoms with Crippen LogP contribution in [-0.2, 0) is 20.7 Å². The van der Waals surface area contributed by atoms with Crippen molar-refractivity contribution in [2.45, 2.75) is 18.7 Å². The lowest BCUT2D eigenvalue weighted by molar-refractivity contribution is -0.142. The Bertz CT molecular complexity index is 645. The maximum absolute atomic E-state index is 12.1. The second-order valence-electron chi connectivity index (χ2n) is 4.39. The van der Waals surface area contributed by atoms with Gasteiger partial charge >= 0.3 is 5.97 Å². The summed E-state index contributed by atoms with van der Waals surface area (Å²) in [5, 5.41) is 3.97. The molecule has 0 radical (unpaired) electrons. The number of esters is 1. The molecular weight excluding hydrogens is 324 g/mol. The summed E-state index contributed by atoms with van der Waals surface area (Å²) in [4.78, 5) is 27.6. The van der Waals surface area contributed by atoms with Crippen LogP contribution in [0.3, 0.4) is 0 Å². The van der Waals surface area contributed by atoms with E-state index in [-0.39, 0.29) is 18.3 Å². The van der Waals surface area contributed by atoms with Gasteiger partial charge in [0.1, 0.15) is 5.38 Å². The third-order valence-electron chi connectivity index (χ3n) is 2.74. The summed E-state index contributed by atoms with van der Waals surface area (Å²) < 4.78 is 4.85. The van der Waals surface area contributed by atoms with Crippen molar-refractivity contribution in [2.75, 3.05) is 11.9 Å². The minimum Gasteiger partial charge on any atom is -0.466 e. The van der Waals surface area contributed by atoms with Gasteiger partial charge in [0.25, 0.3) is 0 Å². The molecule has 0 fully saturated rings. The highest BCUT2D eigenvalue weighted by atomic mass is 35.5. The minimum atomic E-state index is -0.793. The van der Waals surface area contributed by atoms with Crippen molar-refractivity contribution in [1.29, 1.82) is 0 Å². The van der Waals surface area contributed by atoms with Gasteiger partial charge in [0.2, 0.25) is 5.91 Å². The molecule has 0 aliphatic heterocycles. The van der Waals surface area contributed by atoms with E-state index < -0.39 is 5.38 Å². The van der Waals surface area contributed by atoms with Gasteiger partial charge in [0.05, 0.1) is 18.7 Å². The van der Waals surface area contributed by atoms with Gasteiger partial charge < -0.3 is 10.1 Å². The van der Waals surface area contributed by atoms with Gasteiger partial charge in [-0.05, 0) is 12.5 Å². The van der Waals surface area contributed by atoms with Gasteiger partial charge in [-0.3, -0.25) is 9.59 Å². The number of thiazole rings is 1. The fourth-order valence-electron chi connectivity index (χ4n) is 1.75. The molecule has 1 heterocycles. The van der Waals surface area contributed by atoms with Crippen LogP contribution in [0.5, 0.6) is 0 Å². The fraction of sp³-hybridized carbons (Fsp3) is 0.267. The molecule has 1 N–H and O–H groups in total. The predicted molar refractivity (Wildman–Crippen MR) is 86.1 cm³/mol. The minimum absolute atomic E-state index is 0.0865. The van der Waals surface area contributed by atoms with Crippen LogP contribution in [0.1, 0.15) is 23.6 Å². The summed E-state index contributed by atoms with van der Waals surface area (Å²) in [6.45, 7) is 2.08. The Hall–Kier alpha value is -1.92. The first-order valence-corrected chi connectivity index (χ1v) is 8.01. The zero-order valence-electron chi connectivity index (χ0n) is 11.9. The van der Waals surface area contributed by atoms with E-state index in [1.165, 1.54) is 11.3 Å². The summed E-state index contributed by atoms with van der Waals surface area (Å²) in [5.74, 6) is -0.699. The lowest BCUT2D eigenvalue weighted by Crippen LogP contribution is -2.17. The van der Waals surface area contributed by atoms with Crippen molar-refractivity contribution < 1.29 is 14.3 Å². The highest BCUT2D eigenvalue weighted by Crippen LogP contribution is 2.23. The summed E-state index contributed by atoms with van der Waals surface area (Å²) in [6, 6.07) is 9.06. The van der Waals surface area contributed by atoms with Gasteiger partial charge in [-0.25, -0.2) is 4.98 Å². The van der Waals surface area contributed by atoms with Gasteiger partial charge in [0, 0.05) is 5.38 Å². The largest absolute Gasteiger partial charge is 0.466 e. The Morgan fingerprint density at radius 1 is 1.36 bits per heavy atom. The van der Waals surface area contributed by atoms with Gasteiger partial charge in [-0.15, -0.1) is 22.9 Å². The predicted octanol–water partition coefficient (Wildman–Crippen LogP) is 3.17. The molecule has 0 bridgehead atoms. The van der Waals surface area contributed by atoms with Crippen molar-refractivity contribution in [3.63, 3.8) is 0 Å². The van der Waals surface area contributed by atoms with Gasteiger partial charge in [0.15, 0.2) is 5.13 Å². The molecule has 1 amide bonds. The first-order chi connectivity index (χ1) is 10.6. The zero-order valence-corrected chi connectivity index (χ0v) is 13.5. The monoisotopic (exact) mass is 338 g/mol. The number of amides is 1. The van der Waals surface area contributed by atoms with Crippen molar-refractivity contribution >= 4 is 39.9 Å². The number of ether oxygens (including phenoxy) is 1. The maximum Gasteiger partial charge on any atom is 0.311 e. The summed E-state index contributed by atoms with van der Waals surface area (Å²) in [6.07, 6.45) is 0.0865. The standard InChI is InChI=1S/C15H15ClN2O3S/c1-2-21-12(19)8-11-9-22-15(17-11)18-14(20)13(16)10-6-4-3-5-7-10/h3-7,9,13H,2,8H2,1H3,(H,17,18,20). The second kappa shape index (κ2) is 7.91. The number of anilines is 1. The smallest absolute Gasteiger partial charge is 0.311 e. The highest BCUT2D eigenvalue weighted by molar-refractivity contribution is 7.14. The Balaban J connectivity index is 1.95. The third-order valence-corrected chi connectivity index (χ3v) is 3.99. The normalized spacial score (nSPS) is 11.7. The molecule has 0 saturated heterocycles. The molecule has 7 heteroatoms. The molecule has 22 heavy (non-hydrogen) atoms. The molecule has 0 aliphatic carbocycles. The van der Waals surface area contributed by atoms with E-state index >= 15 is 0 Å². The average molecular weight is 339 g/mol. The number of rotatable bonds is 6. The topological polar surface area (TPSA) is 68.3 Å². The van der Waals surface area contributed by atoms with E-state index in [2.05, 4.69) is 10.3 Å². The molecule has 0 saturated carbocycles. The Morgan fingerprint density at radius 2 is 2.09 bits per heavy atom. The van der Waals surface area contributed by atoms with Crippen LogP contribution in [0.25, 0.3) is 0 Å². The quantitative estimate of drug-likeness (QED) is 0.649. The Kier molecular flexibility index (Phi) is 5.91. The van der Waals surface area contributed by atoms with Crippen LogP contribution in [0.4, 0.5) is 5.13 Å². The van der Waals surface area contributed by atoms with E-state index in [9.17, 15) is 9.59 Å². The third kappa shape index (κ3) is 4.54. The lowest BCUT2D eigenvalue weighted by Gasteiger charge is -2.08. The van der Waals surface area contributed by atoms with Crippen LogP contribution in [0.15, 0.2) is 35.7 Å². The molecule has 2 rings (SSSR count). The number of carbonyl (C=O) groups is 2. The first kappa shape index (κ1) is 16.5. The lowest BCUT2D eigenvalue weighted by atomic mass is 10.1. The Labute approximate surface area is 137 Å². The van der Waals surface area contributed by atoms with Crippen LogP contribution < -0.4 is 5.32 Å². The summed E-state index contributed by atoms with van der Waals surface area (Å²) in [7, 11) is 0. The van der Waals surface area contributed by atoms with Crippen molar-refractivity contribution in [3.05, 3.63) is 47.0 Å². The summed E-state index contributed by atoms with van der Waals surface area (Å²) >= 11 is 7.37. The fourth-order valence-corrected chi connectivity index (χ4v) is 2.66. The SMILES string of the molecule is CCOC(=O)Cc1csc(NC(=O)C(Cl)c2ccccc2)n1. The first-order valence-electron chi connectivity index (χ1n) is 6.70. The molecule has 2 aromatic rings. The zero-order chi connectivity index (χ0) is 15.9. The number of benzene rings is 1. The molecule has 5 nitrogen and oxygen atoms in total. The molecule has 116 valence electrons. The molecule has 0 aliphatic rings. The number of hydrogen-bond acceptors (Lipinski definition) is 5. The molecule has 1 atom stereocenters. The number of carbonyl (C=O) groups excluding carboxylic acids is 2. The van der Waals surface area contributed by atoms with Crippen molar-refractivity contribution in [2.24, 2.45) is 0 Å².